The zero-order chi connectivity index (χ0) is 35.8. The van der Waals surface area contributed by atoms with E-state index in [0.29, 0.717) is 11.7 Å². The average molecular weight is 718 g/mol. The van der Waals surface area contributed by atoms with Gasteiger partial charge >= 0.3 is 0 Å². The van der Waals surface area contributed by atoms with Crippen molar-refractivity contribution in [1.29, 1.82) is 0 Å². The summed E-state index contributed by atoms with van der Waals surface area (Å²) in [5, 5.41) is 16.6. The quantitative estimate of drug-likeness (QED) is 0.167. The van der Waals surface area contributed by atoms with Crippen LogP contribution < -0.4 is 0 Å². The second-order valence-electron chi connectivity index (χ2n) is 14.5. The molecule has 4 heterocycles. The van der Waals surface area contributed by atoms with E-state index >= 15 is 0 Å². The normalized spacial score (nSPS) is 12.4. The molecule has 0 saturated heterocycles. The second-order valence-corrected chi connectivity index (χ2v) is 15.5. The van der Waals surface area contributed by atoms with Gasteiger partial charge in [-0.25, -0.2) is 4.98 Å². The molecule has 13 aromatic rings. The van der Waals surface area contributed by atoms with E-state index in [0.717, 1.165) is 44.0 Å². The van der Waals surface area contributed by atoms with E-state index in [2.05, 4.69) is 156 Å². The molecule has 0 fully saturated rings. The number of hydrogen-bond acceptors (Lipinski definition) is 4. The van der Waals surface area contributed by atoms with E-state index in [-0.39, 0.29) is 0 Å². The molecule has 13 rings (SSSR count). The van der Waals surface area contributed by atoms with Gasteiger partial charge in [0.25, 0.3) is 0 Å². The highest BCUT2D eigenvalue weighted by molar-refractivity contribution is 7.25. The highest BCUT2D eigenvalue weighted by Gasteiger charge is 2.24. The van der Waals surface area contributed by atoms with Gasteiger partial charge in [-0.1, -0.05) is 140 Å². The maximum atomic E-state index is 6.61. The van der Waals surface area contributed by atoms with Crippen LogP contribution in [0.5, 0.6) is 0 Å². The first-order valence-electron chi connectivity index (χ1n) is 18.6. The summed E-state index contributed by atoms with van der Waals surface area (Å²) in [4.78, 5) is 10.9. The molecule has 0 unspecified atom stereocenters. The first-order valence-corrected chi connectivity index (χ1v) is 19.4. The van der Waals surface area contributed by atoms with Gasteiger partial charge in [0.05, 0.1) is 22.1 Å². The number of fused-ring (bicyclic) bond motifs is 18. The van der Waals surface area contributed by atoms with E-state index in [1.54, 1.807) is 0 Å². The monoisotopic (exact) mass is 717 g/mol. The molecule has 0 saturated carbocycles. The molecule has 0 radical (unpaired) electrons. The van der Waals surface area contributed by atoms with Crippen LogP contribution in [0.2, 0.25) is 0 Å². The molecular weight excluding hydrogens is 691 g/mol. The molecule has 9 aromatic carbocycles. The lowest BCUT2D eigenvalue weighted by Gasteiger charge is -2.13. The molecule has 254 valence electrons. The Labute approximate surface area is 317 Å². The van der Waals surface area contributed by atoms with Gasteiger partial charge in [0.15, 0.2) is 0 Å². The van der Waals surface area contributed by atoms with Crippen molar-refractivity contribution in [3.8, 4) is 17.2 Å². The van der Waals surface area contributed by atoms with Crippen LogP contribution in [0.3, 0.4) is 0 Å². The zero-order valence-corrected chi connectivity index (χ0v) is 30.1. The third kappa shape index (κ3) is 3.94. The van der Waals surface area contributed by atoms with Crippen LogP contribution >= 0.6 is 11.3 Å². The Hall–Kier alpha value is -7.08. The van der Waals surface area contributed by atoms with Gasteiger partial charge in [-0.15, -0.1) is 11.3 Å². The van der Waals surface area contributed by atoms with Crippen LogP contribution in [-0.2, 0) is 0 Å². The molecule has 0 spiro atoms. The molecule has 0 aliphatic heterocycles. The molecule has 0 amide bonds. The number of nitrogens with zero attached hydrogens (tertiary/aromatic N) is 3. The molecule has 55 heavy (non-hydrogen) atoms. The van der Waals surface area contributed by atoms with Gasteiger partial charge in [-0.05, 0) is 56.6 Å². The average Bonchev–Trinajstić information content (AvgIpc) is 3.92. The molecule has 4 nitrogen and oxygen atoms in total. The predicted molar refractivity (Wildman–Crippen MR) is 232 cm³/mol. The molecule has 4 aromatic heterocycles. The highest BCUT2D eigenvalue weighted by atomic mass is 32.1. The molecular formula is C50H27N3OS. The number of benzene rings is 9. The van der Waals surface area contributed by atoms with Gasteiger partial charge in [0.2, 0.25) is 11.7 Å². The fourth-order valence-corrected chi connectivity index (χ4v) is 10.4. The number of hydrogen-bond donors (Lipinski definition) is 0. The maximum Gasteiger partial charge on any atom is 0.238 e. The van der Waals surface area contributed by atoms with Crippen LogP contribution in [0, 0.1) is 0 Å². The van der Waals surface area contributed by atoms with Crippen molar-refractivity contribution in [2.24, 2.45) is 0 Å². The summed E-state index contributed by atoms with van der Waals surface area (Å²) in [6.45, 7) is 0. The number of rotatable bonds is 2. The largest absolute Gasteiger partial charge is 0.437 e. The smallest absolute Gasteiger partial charge is 0.238 e. The van der Waals surface area contributed by atoms with Gasteiger partial charge in [-0.2, -0.15) is 4.98 Å². The minimum Gasteiger partial charge on any atom is -0.437 e. The number of aromatic nitrogens is 3. The third-order valence-corrected chi connectivity index (χ3v) is 12.7. The lowest BCUT2D eigenvalue weighted by molar-refractivity contribution is 0.651. The summed E-state index contributed by atoms with van der Waals surface area (Å²) in [6, 6.07) is 58.9. The van der Waals surface area contributed by atoms with E-state index in [9.17, 15) is 0 Å². The van der Waals surface area contributed by atoms with Crippen LogP contribution in [0.15, 0.2) is 168 Å². The van der Waals surface area contributed by atoms with Gasteiger partial charge in [-0.3, -0.25) is 4.57 Å². The molecule has 0 atom stereocenters. The Balaban J connectivity index is 1.21. The number of thiophene rings is 1. The lowest BCUT2D eigenvalue weighted by Crippen LogP contribution is -2.03. The highest BCUT2D eigenvalue weighted by Crippen LogP contribution is 2.46. The molecule has 0 bridgehead atoms. The van der Waals surface area contributed by atoms with Crippen LogP contribution in [0.25, 0.3) is 124 Å². The first kappa shape index (κ1) is 29.4. The zero-order valence-electron chi connectivity index (χ0n) is 29.2. The molecule has 5 heteroatoms. The Kier molecular flexibility index (Phi) is 5.74. The van der Waals surface area contributed by atoms with Gasteiger partial charge in [0.1, 0.15) is 5.58 Å². The van der Waals surface area contributed by atoms with Crippen molar-refractivity contribution in [3.05, 3.63) is 164 Å². The fraction of sp³-hybridized carbons (Fsp3) is 0. The van der Waals surface area contributed by atoms with Gasteiger partial charge < -0.3 is 4.42 Å². The fourth-order valence-electron chi connectivity index (χ4n) is 9.26. The van der Waals surface area contributed by atoms with E-state index < -0.39 is 0 Å². The van der Waals surface area contributed by atoms with E-state index in [1.165, 1.54) is 68.6 Å². The van der Waals surface area contributed by atoms with Gasteiger partial charge in [0, 0.05) is 52.7 Å². The SMILES string of the molecule is c1ccc2c(c1)ccc1c3c4c5ccccc5c5ccccc5c4ccc3n(-c3nc(-c4ccc5c(c4)sc4ccccc45)c4c(n3)oc3ccccc34)c21. The van der Waals surface area contributed by atoms with Crippen molar-refractivity contribution in [2.75, 3.05) is 0 Å². The van der Waals surface area contributed by atoms with Crippen molar-refractivity contribution in [3.63, 3.8) is 0 Å². The Morgan fingerprint density at radius 1 is 0.436 bits per heavy atom. The lowest BCUT2D eigenvalue weighted by atomic mass is 9.91. The van der Waals surface area contributed by atoms with Crippen molar-refractivity contribution in [2.45, 2.75) is 0 Å². The number of furan rings is 1. The first-order chi connectivity index (χ1) is 27.3. The van der Waals surface area contributed by atoms with Crippen LogP contribution in [0.4, 0.5) is 0 Å². The third-order valence-electron chi connectivity index (χ3n) is 11.6. The Morgan fingerprint density at radius 3 is 1.89 bits per heavy atom. The van der Waals surface area contributed by atoms with E-state index in [1.807, 2.05) is 23.5 Å². The summed E-state index contributed by atoms with van der Waals surface area (Å²) < 4.78 is 11.4. The van der Waals surface area contributed by atoms with Crippen molar-refractivity contribution in [1.82, 2.24) is 14.5 Å². The standard InChI is InChI=1S/C50H27N3OS/c1-2-12-30-28(11-1)21-24-39-45-40(26-25-37-33-15-4-3-13-31(33)32-14-5-6-17-36(32)44(37)45)53(48(30)39)50-51-47(46-38-18-7-9-19-41(38)54-49(46)52-50)29-22-23-35-34-16-8-10-20-42(34)55-43(35)27-29/h1-27H. The molecule has 0 aliphatic rings. The van der Waals surface area contributed by atoms with Crippen molar-refractivity contribution >= 4 is 118 Å². The van der Waals surface area contributed by atoms with Crippen molar-refractivity contribution < 1.29 is 4.42 Å². The summed E-state index contributed by atoms with van der Waals surface area (Å²) in [5.74, 6) is 0.582. The molecule has 0 aliphatic carbocycles. The van der Waals surface area contributed by atoms with Crippen LogP contribution in [0.1, 0.15) is 0 Å². The second kappa shape index (κ2) is 10.8. The minimum absolute atomic E-state index is 0.574. The topological polar surface area (TPSA) is 43.9 Å². The number of para-hydroxylation sites is 1. The maximum absolute atomic E-state index is 6.61. The summed E-state index contributed by atoms with van der Waals surface area (Å²) >= 11 is 1.82. The summed E-state index contributed by atoms with van der Waals surface area (Å²) in [6.07, 6.45) is 0. The minimum atomic E-state index is 0.574. The summed E-state index contributed by atoms with van der Waals surface area (Å²) in [5.41, 5.74) is 5.40. The predicted octanol–water partition coefficient (Wildman–Crippen LogP) is 14.1. The van der Waals surface area contributed by atoms with E-state index in [4.69, 9.17) is 14.4 Å². The molecule has 0 N–H and O–H groups in total. The van der Waals surface area contributed by atoms with Crippen LogP contribution in [-0.4, -0.2) is 14.5 Å². The summed E-state index contributed by atoms with van der Waals surface area (Å²) in [7, 11) is 0. The Bertz CT molecular complexity index is 3760. The Morgan fingerprint density at radius 2 is 1.05 bits per heavy atom.